The predicted molar refractivity (Wildman–Crippen MR) is 100 cm³/mol. The second-order valence-electron chi connectivity index (χ2n) is 5.10. The lowest BCUT2D eigenvalue weighted by Crippen LogP contribution is -2.14. The molecule has 0 amide bonds. The fourth-order valence-corrected chi connectivity index (χ4v) is 3.65. The molecule has 1 heterocycles. The van der Waals surface area contributed by atoms with Gasteiger partial charge in [0.15, 0.2) is 5.82 Å². The first-order valence-electron chi connectivity index (χ1n) is 7.03. The Morgan fingerprint density at radius 3 is 2.38 bits per heavy atom. The number of thioether (sulfide) groups is 1. The third-order valence-electron chi connectivity index (χ3n) is 3.38. The Kier molecular flexibility index (Phi) is 5.56. The molecule has 24 heavy (non-hydrogen) atoms. The highest BCUT2D eigenvalue weighted by atomic mass is 35.5. The molecule has 0 aliphatic carbocycles. The van der Waals surface area contributed by atoms with Gasteiger partial charge in [-0.3, -0.25) is 0 Å². The summed E-state index contributed by atoms with van der Waals surface area (Å²) in [5.74, 6) is 7.41. The molecule has 0 saturated heterocycles. The Morgan fingerprint density at radius 1 is 0.958 bits per heavy atom. The Morgan fingerprint density at radius 2 is 1.67 bits per heavy atom. The van der Waals surface area contributed by atoms with Gasteiger partial charge in [-0.2, -0.15) is 0 Å². The zero-order valence-electron chi connectivity index (χ0n) is 12.4. The van der Waals surface area contributed by atoms with Crippen LogP contribution in [-0.4, -0.2) is 14.9 Å². The lowest BCUT2D eigenvalue weighted by molar-refractivity contribution is 0.805. The Labute approximate surface area is 158 Å². The minimum atomic E-state index is 0.586. The molecule has 124 valence electrons. The molecule has 0 aliphatic heterocycles. The molecular weight excluding hydrogens is 387 g/mol. The van der Waals surface area contributed by atoms with Crippen LogP contribution in [0.15, 0.2) is 47.6 Å². The van der Waals surface area contributed by atoms with Crippen LogP contribution >= 0.6 is 46.6 Å². The van der Waals surface area contributed by atoms with Crippen LogP contribution < -0.4 is 5.84 Å². The van der Waals surface area contributed by atoms with E-state index in [0.29, 0.717) is 38.2 Å². The smallest absolute Gasteiger partial charge is 0.210 e. The molecule has 0 radical (unpaired) electrons. The van der Waals surface area contributed by atoms with Crippen LogP contribution in [-0.2, 0) is 12.2 Å². The van der Waals surface area contributed by atoms with Crippen molar-refractivity contribution < 1.29 is 0 Å². The second kappa shape index (κ2) is 7.66. The van der Waals surface area contributed by atoms with Crippen molar-refractivity contribution in [2.45, 2.75) is 17.3 Å². The summed E-state index contributed by atoms with van der Waals surface area (Å²) in [6.07, 6.45) is 0.586. The molecule has 2 aromatic carbocycles. The van der Waals surface area contributed by atoms with Gasteiger partial charge >= 0.3 is 0 Å². The topological polar surface area (TPSA) is 56.7 Å². The average molecular weight is 400 g/mol. The van der Waals surface area contributed by atoms with E-state index >= 15 is 0 Å². The first-order chi connectivity index (χ1) is 11.5. The van der Waals surface area contributed by atoms with Gasteiger partial charge < -0.3 is 5.84 Å². The standard InChI is InChI=1S/C16H13Cl3N4S/c17-12-4-1-10(2-5-12)7-15-21-22-16(23(15)20)24-9-11-3-6-13(18)8-14(11)19/h1-6,8H,7,9,20H2. The van der Waals surface area contributed by atoms with Gasteiger partial charge in [-0.05, 0) is 35.4 Å². The Bertz CT molecular complexity index is 849. The van der Waals surface area contributed by atoms with Crippen LogP contribution in [0.5, 0.6) is 0 Å². The van der Waals surface area contributed by atoms with E-state index in [1.165, 1.54) is 16.4 Å². The number of hydrogen-bond donors (Lipinski definition) is 1. The second-order valence-corrected chi connectivity index (χ2v) is 7.32. The molecule has 0 spiro atoms. The minimum absolute atomic E-state index is 0.586. The van der Waals surface area contributed by atoms with Crippen molar-refractivity contribution in [2.24, 2.45) is 0 Å². The molecule has 4 nitrogen and oxygen atoms in total. The summed E-state index contributed by atoms with van der Waals surface area (Å²) in [5, 5.41) is 10.9. The predicted octanol–water partition coefficient (Wildman–Crippen LogP) is 4.84. The van der Waals surface area contributed by atoms with Gasteiger partial charge in [-0.25, -0.2) is 4.68 Å². The molecule has 8 heteroatoms. The van der Waals surface area contributed by atoms with Gasteiger partial charge in [-0.1, -0.05) is 64.8 Å². The lowest BCUT2D eigenvalue weighted by atomic mass is 10.1. The van der Waals surface area contributed by atoms with Gasteiger partial charge in [0.2, 0.25) is 5.16 Å². The van der Waals surface area contributed by atoms with Crippen molar-refractivity contribution in [3.05, 3.63) is 74.5 Å². The first kappa shape index (κ1) is 17.4. The van der Waals surface area contributed by atoms with E-state index in [1.54, 1.807) is 6.07 Å². The summed E-state index contributed by atoms with van der Waals surface area (Å²) in [6, 6.07) is 13.0. The van der Waals surface area contributed by atoms with Crippen molar-refractivity contribution in [1.29, 1.82) is 0 Å². The maximum absolute atomic E-state index is 6.18. The number of aromatic nitrogens is 3. The average Bonchev–Trinajstić information content (AvgIpc) is 2.89. The fourth-order valence-electron chi connectivity index (χ4n) is 2.09. The van der Waals surface area contributed by atoms with Crippen molar-refractivity contribution in [3.63, 3.8) is 0 Å². The van der Waals surface area contributed by atoms with E-state index in [-0.39, 0.29) is 0 Å². The molecule has 3 rings (SSSR count). The van der Waals surface area contributed by atoms with Crippen LogP contribution in [0.4, 0.5) is 0 Å². The highest BCUT2D eigenvalue weighted by Crippen LogP contribution is 2.27. The normalized spacial score (nSPS) is 11.0. The van der Waals surface area contributed by atoms with E-state index in [2.05, 4.69) is 10.2 Å². The lowest BCUT2D eigenvalue weighted by Gasteiger charge is -2.06. The zero-order valence-corrected chi connectivity index (χ0v) is 15.5. The van der Waals surface area contributed by atoms with Crippen LogP contribution in [0.1, 0.15) is 17.0 Å². The summed E-state index contributed by atoms with van der Waals surface area (Å²) < 4.78 is 1.50. The monoisotopic (exact) mass is 398 g/mol. The van der Waals surface area contributed by atoms with E-state index in [4.69, 9.17) is 40.6 Å². The molecule has 2 N–H and O–H groups in total. The van der Waals surface area contributed by atoms with Crippen LogP contribution in [0.3, 0.4) is 0 Å². The minimum Gasteiger partial charge on any atom is -0.336 e. The van der Waals surface area contributed by atoms with E-state index in [0.717, 1.165) is 11.1 Å². The number of halogens is 3. The summed E-state index contributed by atoms with van der Waals surface area (Å²) in [6.45, 7) is 0. The molecule has 0 atom stereocenters. The van der Waals surface area contributed by atoms with Crippen molar-refractivity contribution in [3.8, 4) is 0 Å². The first-order valence-corrected chi connectivity index (χ1v) is 9.15. The molecule has 0 aliphatic rings. The molecule has 3 aromatic rings. The summed E-state index contributed by atoms with van der Waals surface area (Å²) >= 11 is 19.4. The van der Waals surface area contributed by atoms with E-state index < -0.39 is 0 Å². The maximum atomic E-state index is 6.18. The van der Waals surface area contributed by atoms with Crippen LogP contribution in [0, 0.1) is 0 Å². The fraction of sp³-hybridized carbons (Fsp3) is 0.125. The van der Waals surface area contributed by atoms with E-state index in [1.807, 2.05) is 36.4 Å². The quantitative estimate of drug-likeness (QED) is 0.493. The Balaban J connectivity index is 1.69. The molecular formula is C16H13Cl3N4S. The number of nitrogens with two attached hydrogens (primary N) is 1. The Hall–Kier alpha value is -1.40. The summed E-state index contributed by atoms with van der Waals surface area (Å²) in [7, 11) is 0. The van der Waals surface area contributed by atoms with Gasteiger partial charge in [-0.15, -0.1) is 10.2 Å². The third-order valence-corrected chi connectivity index (χ3v) is 5.21. The zero-order chi connectivity index (χ0) is 17.1. The number of rotatable bonds is 5. The molecule has 0 saturated carbocycles. The van der Waals surface area contributed by atoms with Crippen molar-refractivity contribution >= 4 is 46.6 Å². The highest BCUT2D eigenvalue weighted by Gasteiger charge is 2.12. The van der Waals surface area contributed by atoms with Gasteiger partial charge in [0.05, 0.1) is 0 Å². The summed E-state index contributed by atoms with van der Waals surface area (Å²) in [5.41, 5.74) is 2.03. The third kappa shape index (κ3) is 4.16. The number of benzene rings is 2. The van der Waals surface area contributed by atoms with Gasteiger partial charge in [0.1, 0.15) is 0 Å². The summed E-state index contributed by atoms with van der Waals surface area (Å²) in [4.78, 5) is 0. The molecule has 0 unspecified atom stereocenters. The largest absolute Gasteiger partial charge is 0.336 e. The molecule has 0 fully saturated rings. The van der Waals surface area contributed by atoms with E-state index in [9.17, 15) is 0 Å². The maximum Gasteiger partial charge on any atom is 0.210 e. The van der Waals surface area contributed by atoms with Crippen molar-refractivity contribution in [1.82, 2.24) is 14.9 Å². The highest BCUT2D eigenvalue weighted by molar-refractivity contribution is 7.98. The van der Waals surface area contributed by atoms with Gasteiger partial charge in [0.25, 0.3) is 0 Å². The van der Waals surface area contributed by atoms with Crippen LogP contribution in [0.2, 0.25) is 15.1 Å². The van der Waals surface area contributed by atoms with Crippen molar-refractivity contribution in [2.75, 3.05) is 5.84 Å². The number of hydrogen-bond acceptors (Lipinski definition) is 4. The van der Waals surface area contributed by atoms with Crippen LogP contribution in [0.25, 0.3) is 0 Å². The number of nitrogens with zero attached hydrogens (tertiary/aromatic N) is 3. The molecule has 0 bridgehead atoms. The number of nitrogen functional groups attached to an aromatic ring is 1. The van der Waals surface area contributed by atoms with Gasteiger partial charge in [0, 0.05) is 27.2 Å². The SMILES string of the molecule is Nn1c(Cc2ccc(Cl)cc2)nnc1SCc1ccc(Cl)cc1Cl. The molecule has 1 aromatic heterocycles.